The largest absolute Gasteiger partial charge is 0.491 e. The van der Waals surface area contributed by atoms with Gasteiger partial charge in [-0.25, -0.2) is 4.39 Å². The molecule has 2 N–H and O–H groups in total. The van der Waals surface area contributed by atoms with Crippen molar-refractivity contribution in [1.29, 1.82) is 0 Å². The van der Waals surface area contributed by atoms with E-state index in [0.717, 1.165) is 0 Å². The fourth-order valence-electron chi connectivity index (χ4n) is 4.03. The number of furan rings is 1. The maximum atomic E-state index is 13.8. The van der Waals surface area contributed by atoms with Crippen molar-refractivity contribution in [2.75, 3.05) is 6.54 Å². The van der Waals surface area contributed by atoms with Crippen LogP contribution in [0.2, 0.25) is 0 Å². The van der Waals surface area contributed by atoms with E-state index in [1.807, 2.05) is 45.9 Å². The monoisotopic (exact) mass is 502 g/mol. The second-order valence-corrected chi connectivity index (χ2v) is 9.63. The number of para-hydroxylation sites is 1. The summed E-state index contributed by atoms with van der Waals surface area (Å²) in [6.45, 7) is 8.37. The van der Waals surface area contributed by atoms with Gasteiger partial charge in [-0.15, -0.1) is 0 Å². The molecule has 192 valence electrons. The predicted molar refractivity (Wildman–Crippen MR) is 141 cm³/mol. The van der Waals surface area contributed by atoms with Gasteiger partial charge in [-0.1, -0.05) is 44.2 Å². The number of fused-ring (bicyclic) bond motifs is 1. The minimum absolute atomic E-state index is 0.151. The maximum Gasteiger partial charge on any atom is 0.255 e. The third kappa shape index (κ3) is 6.17. The molecular weight excluding hydrogens is 471 g/mol. The third-order valence-electron chi connectivity index (χ3n) is 5.82. The molecule has 1 heterocycles. The summed E-state index contributed by atoms with van der Waals surface area (Å²) in [5.41, 5.74) is 2.62. The van der Waals surface area contributed by atoms with E-state index in [4.69, 9.17) is 9.15 Å². The van der Waals surface area contributed by atoms with Gasteiger partial charge in [0.15, 0.2) is 0 Å². The first-order chi connectivity index (χ1) is 17.7. The number of carbonyl (C=O) groups is 2. The number of amides is 2. The van der Waals surface area contributed by atoms with Crippen molar-refractivity contribution in [3.63, 3.8) is 0 Å². The summed E-state index contributed by atoms with van der Waals surface area (Å²) < 4.78 is 25.4. The lowest BCUT2D eigenvalue weighted by Crippen LogP contribution is -2.31. The highest BCUT2D eigenvalue weighted by Gasteiger charge is 2.25. The molecule has 0 aliphatic rings. The van der Waals surface area contributed by atoms with E-state index in [-0.39, 0.29) is 17.9 Å². The van der Waals surface area contributed by atoms with E-state index in [2.05, 4.69) is 10.6 Å². The van der Waals surface area contributed by atoms with Crippen LogP contribution >= 0.6 is 0 Å². The molecular formula is C30H31FN2O4. The Balaban J connectivity index is 1.78. The van der Waals surface area contributed by atoms with Gasteiger partial charge >= 0.3 is 0 Å². The molecule has 1 unspecified atom stereocenters. The van der Waals surface area contributed by atoms with Gasteiger partial charge in [0.05, 0.1) is 17.7 Å². The van der Waals surface area contributed by atoms with Crippen LogP contribution in [0.1, 0.15) is 65.6 Å². The second kappa shape index (κ2) is 11.3. The average Bonchev–Trinajstić information content (AvgIpc) is 3.31. The molecule has 7 heteroatoms. The van der Waals surface area contributed by atoms with Crippen LogP contribution in [0.4, 0.5) is 4.39 Å². The molecule has 1 atom stereocenters. The number of hydrogen-bond acceptors (Lipinski definition) is 4. The summed E-state index contributed by atoms with van der Waals surface area (Å²) in [5.74, 6) is -0.180. The Labute approximate surface area is 215 Å². The van der Waals surface area contributed by atoms with E-state index in [0.29, 0.717) is 51.4 Å². The SMILES string of the molecule is CC(C)CNC(=O)c1ccc(OC(C)C)c(C(NC(=O)c2coc3ccccc23)c2ccc(F)cc2)c1. The number of rotatable bonds is 9. The summed E-state index contributed by atoms with van der Waals surface area (Å²) in [7, 11) is 0. The van der Waals surface area contributed by atoms with E-state index in [1.54, 1.807) is 36.4 Å². The molecule has 2 amide bonds. The van der Waals surface area contributed by atoms with Gasteiger partial charge in [-0.2, -0.15) is 0 Å². The summed E-state index contributed by atoms with van der Waals surface area (Å²) in [6.07, 6.45) is 1.27. The first-order valence-corrected chi connectivity index (χ1v) is 12.3. The Bertz CT molecular complexity index is 1390. The van der Waals surface area contributed by atoms with E-state index >= 15 is 0 Å². The van der Waals surface area contributed by atoms with E-state index in [1.165, 1.54) is 18.4 Å². The number of halogens is 1. The molecule has 0 aliphatic carbocycles. The van der Waals surface area contributed by atoms with Crippen LogP contribution in [0.25, 0.3) is 11.0 Å². The molecule has 0 saturated heterocycles. The molecule has 0 aliphatic heterocycles. The van der Waals surface area contributed by atoms with Crippen LogP contribution in [0.5, 0.6) is 5.75 Å². The van der Waals surface area contributed by atoms with Crippen molar-refractivity contribution >= 4 is 22.8 Å². The number of ether oxygens (including phenoxy) is 1. The normalized spacial score (nSPS) is 12.1. The van der Waals surface area contributed by atoms with Crippen molar-refractivity contribution < 1.29 is 23.1 Å². The van der Waals surface area contributed by atoms with Crippen molar-refractivity contribution in [2.24, 2.45) is 5.92 Å². The molecule has 3 aromatic carbocycles. The Morgan fingerprint density at radius 3 is 2.38 bits per heavy atom. The minimum atomic E-state index is -0.728. The molecule has 0 radical (unpaired) electrons. The van der Waals surface area contributed by atoms with Crippen LogP contribution in [0.3, 0.4) is 0 Å². The van der Waals surface area contributed by atoms with Crippen LogP contribution < -0.4 is 15.4 Å². The first kappa shape index (κ1) is 25.9. The van der Waals surface area contributed by atoms with Crippen molar-refractivity contribution in [3.05, 3.63) is 101 Å². The molecule has 6 nitrogen and oxygen atoms in total. The van der Waals surface area contributed by atoms with Crippen molar-refractivity contribution in [2.45, 2.75) is 39.8 Å². The van der Waals surface area contributed by atoms with Crippen LogP contribution in [-0.2, 0) is 0 Å². The smallest absolute Gasteiger partial charge is 0.255 e. The summed E-state index contributed by atoms with van der Waals surface area (Å²) in [6, 6.07) is 17.6. The highest BCUT2D eigenvalue weighted by Crippen LogP contribution is 2.33. The quantitative estimate of drug-likeness (QED) is 0.283. The molecule has 37 heavy (non-hydrogen) atoms. The van der Waals surface area contributed by atoms with Crippen LogP contribution in [0, 0.1) is 11.7 Å². The number of carbonyl (C=O) groups excluding carboxylic acids is 2. The Hall–Kier alpha value is -4.13. The Kier molecular flexibility index (Phi) is 7.92. The second-order valence-electron chi connectivity index (χ2n) is 9.63. The highest BCUT2D eigenvalue weighted by atomic mass is 19.1. The molecule has 0 fully saturated rings. The first-order valence-electron chi connectivity index (χ1n) is 12.3. The van der Waals surface area contributed by atoms with E-state index in [9.17, 15) is 14.0 Å². The van der Waals surface area contributed by atoms with E-state index < -0.39 is 11.9 Å². The molecule has 1 aromatic heterocycles. The molecule has 4 aromatic rings. The lowest BCUT2D eigenvalue weighted by atomic mass is 9.95. The van der Waals surface area contributed by atoms with Crippen LogP contribution in [0.15, 0.2) is 77.4 Å². The Morgan fingerprint density at radius 2 is 1.68 bits per heavy atom. The Morgan fingerprint density at radius 1 is 0.946 bits per heavy atom. The van der Waals surface area contributed by atoms with Gasteiger partial charge in [0.2, 0.25) is 0 Å². The zero-order valence-corrected chi connectivity index (χ0v) is 21.4. The van der Waals surface area contributed by atoms with Gasteiger partial charge in [0.1, 0.15) is 23.4 Å². The molecule has 4 rings (SSSR count). The highest BCUT2D eigenvalue weighted by molar-refractivity contribution is 6.06. The predicted octanol–water partition coefficient (Wildman–Crippen LogP) is 6.26. The van der Waals surface area contributed by atoms with Crippen LogP contribution in [-0.4, -0.2) is 24.5 Å². The maximum absolute atomic E-state index is 13.8. The summed E-state index contributed by atoms with van der Waals surface area (Å²) in [5, 5.41) is 6.67. The summed E-state index contributed by atoms with van der Waals surface area (Å²) >= 11 is 0. The fourth-order valence-corrected chi connectivity index (χ4v) is 4.03. The summed E-state index contributed by atoms with van der Waals surface area (Å²) in [4.78, 5) is 26.4. The minimum Gasteiger partial charge on any atom is -0.491 e. The lowest BCUT2D eigenvalue weighted by molar-refractivity contribution is 0.0940. The van der Waals surface area contributed by atoms with Gasteiger partial charge in [-0.05, 0) is 61.7 Å². The fraction of sp³-hybridized carbons (Fsp3) is 0.267. The van der Waals surface area contributed by atoms with Crippen molar-refractivity contribution in [1.82, 2.24) is 10.6 Å². The standard InChI is InChI=1S/C30H31FN2O4/c1-18(2)16-32-29(34)21-11-14-27(37-19(3)4)24(15-21)28(20-9-12-22(31)13-10-20)33-30(35)25-17-36-26-8-6-5-7-23(25)26/h5-15,17-19,28H,16H2,1-4H3,(H,32,34)(H,33,35). The molecule has 0 spiro atoms. The third-order valence-corrected chi connectivity index (χ3v) is 5.82. The molecule has 0 bridgehead atoms. The van der Waals surface area contributed by atoms with Gasteiger partial charge in [0, 0.05) is 23.1 Å². The van der Waals surface area contributed by atoms with Gasteiger partial charge < -0.3 is 19.8 Å². The van der Waals surface area contributed by atoms with Crippen molar-refractivity contribution in [3.8, 4) is 5.75 Å². The number of hydrogen-bond donors (Lipinski definition) is 2. The average molecular weight is 503 g/mol. The zero-order valence-electron chi connectivity index (χ0n) is 21.4. The zero-order chi connectivity index (χ0) is 26.5. The number of nitrogens with one attached hydrogen (secondary N) is 2. The number of benzene rings is 3. The van der Waals surface area contributed by atoms with Gasteiger partial charge in [0.25, 0.3) is 11.8 Å². The van der Waals surface area contributed by atoms with Gasteiger partial charge in [-0.3, -0.25) is 9.59 Å². The topological polar surface area (TPSA) is 80.6 Å². The molecule has 0 saturated carbocycles. The lowest BCUT2D eigenvalue weighted by Gasteiger charge is -2.24.